The van der Waals surface area contributed by atoms with Crippen LogP contribution in [0.1, 0.15) is 39.0 Å². The average Bonchev–Trinajstić information content (AvgIpc) is 3.02. The molecule has 80 valence electrons. The van der Waals surface area contributed by atoms with Crippen LogP contribution in [-0.4, -0.2) is 24.5 Å². The summed E-state index contributed by atoms with van der Waals surface area (Å²) in [6.45, 7) is 3.12. The van der Waals surface area contributed by atoms with Gasteiger partial charge >= 0.3 is 0 Å². The molecule has 1 saturated heterocycles. The minimum Gasteiger partial charge on any atom is -0.352 e. The lowest BCUT2D eigenvalue weighted by Gasteiger charge is -2.24. The molecule has 2 N–H and O–H groups in total. The van der Waals surface area contributed by atoms with Gasteiger partial charge < -0.3 is 10.6 Å². The fraction of sp³-hybridized carbons (Fsp3) is 0.909. The van der Waals surface area contributed by atoms with Crippen molar-refractivity contribution in [1.82, 2.24) is 10.6 Å². The van der Waals surface area contributed by atoms with Crippen LogP contribution in [0.25, 0.3) is 0 Å². The maximum absolute atomic E-state index is 11.8. The predicted octanol–water partition coefficient (Wildman–Crippen LogP) is 1.04. The van der Waals surface area contributed by atoms with Crippen LogP contribution in [0, 0.1) is 5.92 Å². The highest BCUT2D eigenvalue weighted by molar-refractivity contribution is 5.82. The smallest absolute Gasteiger partial charge is 0.237 e. The van der Waals surface area contributed by atoms with Crippen LogP contribution in [0.2, 0.25) is 0 Å². The third-order valence-corrected chi connectivity index (χ3v) is 3.33. The van der Waals surface area contributed by atoms with Crippen LogP contribution in [-0.2, 0) is 4.79 Å². The Bertz CT molecular complexity index is 207. The van der Waals surface area contributed by atoms with Crippen molar-refractivity contribution >= 4 is 5.91 Å². The minimum atomic E-state index is 0.0740. The van der Waals surface area contributed by atoms with Crippen molar-refractivity contribution in [2.75, 3.05) is 6.54 Å². The molecule has 1 aliphatic heterocycles. The predicted molar refractivity (Wildman–Crippen MR) is 56.0 cm³/mol. The molecule has 3 nitrogen and oxygen atoms in total. The zero-order valence-electron chi connectivity index (χ0n) is 8.88. The van der Waals surface area contributed by atoms with E-state index in [1.54, 1.807) is 0 Å². The van der Waals surface area contributed by atoms with Gasteiger partial charge in [0.25, 0.3) is 0 Å². The van der Waals surface area contributed by atoms with Gasteiger partial charge in [0.15, 0.2) is 0 Å². The highest BCUT2D eigenvalue weighted by atomic mass is 16.2. The SMILES string of the molecule is CC(NC(=O)[C@@H]1CCCCN1)C1CC1. The van der Waals surface area contributed by atoms with E-state index in [0.29, 0.717) is 6.04 Å². The third kappa shape index (κ3) is 2.47. The van der Waals surface area contributed by atoms with Crippen molar-refractivity contribution in [3.8, 4) is 0 Å². The largest absolute Gasteiger partial charge is 0.352 e. The molecule has 2 aliphatic rings. The molecule has 1 heterocycles. The molecule has 0 aromatic rings. The lowest BCUT2D eigenvalue weighted by Crippen LogP contribution is -2.49. The Morgan fingerprint density at radius 2 is 2.14 bits per heavy atom. The normalized spacial score (nSPS) is 29.6. The molecule has 1 unspecified atom stereocenters. The van der Waals surface area contributed by atoms with Gasteiger partial charge in [-0.15, -0.1) is 0 Å². The van der Waals surface area contributed by atoms with E-state index in [4.69, 9.17) is 0 Å². The Kier molecular flexibility index (Phi) is 3.06. The second-order valence-electron chi connectivity index (χ2n) is 4.64. The highest BCUT2D eigenvalue weighted by Crippen LogP contribution is 2.32. The Morgan fingerprint density at radius 3 is 2.71 bits per heavy atom. The van der Waals surface area contributed by atoms with Crippen molar-refractivity contribution in [3.05, 3.63) is 0 Å². The van der Waals surface area contributed by atoms with Crippen LogP contribution in [0.5, 0.6) is 0 Å². The van der Waals surface area contributed by atoms with Gasteiger partial charge in [-0.2, -0.15) is 0 Å². The van der Waals surface area contributed by atoms with E-state index in [2.05, 4.69) is 17.6 Å². The van der Waals surface area contributed by atoms with E-state index >= 15 is 0 Å². The molecule has 0 spiro atoms. The maximum Gasteiger partial charge on any atom is 0.237 e. The van der Waals surface area contributed by atoms with Crippen LogP contribution >= 0.6 is 0 Å². The Morgan fingerprint density at radius 1 is 1.36 bits per heavy atom. The van der Waals surface area contributed by atoms with Gasteiger partial charge in [-0.25, -0.2) is 0 Å². The first-order valence-electron chi connectivity index (χ1n) is 5.81. The monoisotopic (exact) mass is 196 g/mol. The van der Waals surface area contributed by atoms with Gasteiger partial charge in [0.1, 0.15) is 0 Å². The quantitative estimate of drug-likeness (QED) is 0.708. The standard InChI is InChI=1S/C11H20N2O/c1-8(9-5-6-9)13-11(14)10-4-2-3-7-12-10/h8-10,12H,2-7H2,1H3,(H,13,14)/t8?,10-/m0/s1. The first-order chi connectivity index (χ1) is 6.77. The molecule has 0 radical (unpaired) electrons. The van der Waals surface area contributed by atoms with Crippen LogP contribution < -0.4 is 10.6 Å². The van der Waals surface area contributed by atoms with Crippen molar-refractivity contribution in [2.45, 2.75) is 51.1 Å². The Balaban J connectivity index is 1.75. The van der Waals surface area contributed by atoms with Gasteiger partial charge in [0.05, 0.1) is 6.04 Å². The number of carbonyl (C=O) groups excluding carboxylic acids is 1. The number of carbonyl (C=O) groups is 1. The summed E-state index contributed by atoms with van der Waals surface area (Å²) >= 11 is 0. The summed E-state index contributed by atoms with van der Waals surface area (Å²) in [4.78, 5) is 11.8. The van der Waals surface area contributed by atoms with E-state index in [9.17, 15) is 4.79 Å². The van der Waals surface area contributed by atoms with Gasteiger partial charge in [0.2, 0.25) is 5.91 Å². The molecule has 1 aliphatic carbocycles. The van der Waals surface area contributed by atoms with Crippen LogP contribution in [0.15, 0.2) is 0 Å². The highest BCUT2D eigenvalue weighted by Gasteiger charge is 2.30. The minimum absolute atomic E-state index is 0.0740. The maximum atomic E-state index is 11.8. The summed E-state index contributed by atoms with van der Waals surface area (Å²) < 4.78 is 0. The molecule has 0 aromatic heterocycles. The summed E-state index contributed by atoms with van der Waals surface area (Å²) in [5.41, 5.74) is 0. The van der Waals surface area contributed by atoms with Gasteiger partial charge in [-0.05, 0) is 45.1 Å². The summed E-state index contributed by atoms with van der Waals surface area (Å²) in [5, 5.41) is 6.38. The van der Waals surface area contributed by atoms with E-state index < -0.39 is 0 Å². The zero-order chi connectivity index (χ0) is 9.97. The number of piperidine rings is 1. The molecule has 2 fully saturated rings. The summed E-state index contributed by atoms with van der Waals surface area (Å²) in [5.74, 6) is 0.964. The average molecular weight is 196 g/mol. The van der Waals surface area contributed by atoms with Gasteiger partial charge in [-0.3, -0.25) is 4.79 Å². The first-order valence-corrected chi connectivity index (χ1v) is 5.81. The van der Waals surface area contributed by atoms with Gasteiger partial charge in [-0.1, -0.05) is 6.42 Å². The second-order valence-corrected chi connectivity index (χ2v) is 4.64. The molecule has 3 heteroatoms. The molecule has 0 bridgehead atoms. The van der Waals surface area contributed by atoms with Crippen molar-refractivity contribution in [1.29, 1.82) is 0 Å². The molecule has 0 aromatic carbocycles. The number of hydrogen-bond acceptors (Lipinski definition) is 2. The van der Waals surface area contributed by atoms with E-state index in [-0.39, 0.29) is 11.9 Å². The summed E-state index contributed by atoms with van der Waals surface area (Å²) in [6.07, 6.45) is 5.98. The molecular weight excluding hydrogens is 176 g/mol. The van der Waals surface area contributed by atoms with E-state index in [0.717, 1.165) is 18.9 Å². The third-order valence-electron chi connectivity index (χ3n) is 3.33. The topological polar surface area (TPSA) is 41.1 Å². The number of rotatable bonds is 3. The fourth-order valence-corrected chi connectivity index (χ4v) is 2.11. The summed E-state index contributed by atoms with van der Waals surface area (Å²) in [7, 11) is 0. The van der Waals surface area contributed by atoms with Crippen molar-refractivity contribution in [3.63, 3.8) is 0 Å². The fourth-order valence-electron chi connectivity index (χ4n) is 2.11. The van der Waals surface area contributed by atoms with Crippen LogP contribution in [0.4, 0.5) is 0 Å². The van der Waals surface area contributed by atoms with Gasteiger partial charge in [0, 0.05) is 6.04 Å². The Hall–Kier alpha value is -0.570. The zero-order valence-corrected chi connectivity index (χ0v) is 8.88. The lowest BCUT2D eigenvalue weighted by atomic mass is 10.0. The Labute approximate surface area is 85.6 Å². The van der Waals surface area contributed by atoms with Crippen LogP contribution in [0.3, 0.4) is 0 Å². The number of nitrogens with one attached hydrogen (secondary N) is 2. The molecule has 14 heavy (non-hydrogen) atoms. The van der Waals surface area contributed by atoms with Crippen molar-refractivity contribution in [2.24, 2.45) is 5.92 Å². The van der Waals surface area contributed by atoms with E-state index in [1.807, 2.05) is 0 Å². The first kappa shape index (κ1) is 9.97. The lowest BCUT2D eigenvalue weighted by molar-refractivity contribution is -0.124. The second kappa shape index (κ2) is 4.30. The molecular formula is C11H20N2O. The van der Waals surface area contributed by atoms with E-state index in [1.165, 1.54) is 25.7 Å². The summed E-state index contributed by atoms with van der Waals surface area (Å²) in [6, 6.07) is 0.455. The number of amides is 1. The number of hydrogen-bond donors (Lipinski definition) is 2. The van der Waals surface area contributed by atoms with Crippen molar-refractivity contribution < 1.29 is 4.79 Å². The molecule has 2 atom stereocenters. The molecule has 1 saturated carbocycles. The molecule has 2 rings (SSSR count). The molecule has 1 amide bonds.